The van der Waals surface area contributed by atoms with Gasteiger partial charge in [-0.15, -0.1) is 24.2 Å². The molecular weight excluding hydrogens is 374 g/mol. The van der Waals surface area contributed by atoms with Crippen LogP contribution in [0.25, 0.3) is 0 Å². The molecule has 2 rings (SSSR count). The fourth-order valence-corrected chi connectivity index (χ4v) is 3.60. The molecule has 0 unspecified atom stereocenters. The van der Waals surface area contributed by atoms with E-state index in [0.29, 0.717) is 17.9 Å². The van der Waals surface area contributed by atoms with Crippen LogP contribution in [0, 0.1) is 0 Å². The number of rotatable bonds is 10. The number of piperazine rings is 1. The molecule has 0 aromatic heterocycles. The SMILES string of the molecule is COc1ccc(SCCC(=O)NCCCN2CCNCC2)cc1OC.Cl. The third-order valence-electron chi connectivity index (χ3n) is 4.14. The van der Waals surface area contributed by atoms with Crippen LogP contribution in [0.15, 0.2) is 23.1 Å². The first-order valence-electron chi connectivity index (χ1n) is 8.77. The molecule has 6 nitrogen and oxygen atoms in total. The molecule has 2 N–H and O–H groups in total. The van der Waals surface area contributed by atoms with Gasteiger partial charge in [0.05, 0.1) is 14.2 Å². The topological polar surface area (TPSA) is 62.8 Å². The van der Waals surface area contributed by atoms with E-state index in [1.165, 1.54) is 0 Å². The van der Waals surface area contributed by atoms with Crippen molar-refractivity contribution in [1.82, 2.24) is 15.5 Å². The van der Waals surface area contributed by atoms with Crippen LogP contribution in [0.5, 0.6) is 11.5 Å². The van der Waals surface area contributed by atoms with Gasteiger partial charge in [0.15, 0.2) is 11.5 Å². The lowest BCUT2D eigenvalue weighted by molar-refractivity contribution is -0.120. The van der Waals surface area contributed by atoms with E-state index < -0.39 is 0 Å². The molecule has 0 radical (unpaired) electrons. The summed E-state index contributed by atoms with van der Waals surface area (Å²) < 4.78 is 10.5. The summed E-state index contributed by atoms with van der Waals surface area (Å²) in [4.78, 5) is 15.4. The van der Waals surface area contributed by atoms with E-state index in [2.05, 4.69) is 15.5 Å². The number of methoxy groups -OCH3 is 2. The predicted octanol–water partition coefficient (Wildman–Crippen LogP) is 2.02. The number of nitrogens with one attached hydrogen (secondary N) is 2. The first kappa shape index (κ1) is 22.9. The molecule has 26 heavy (non-hydrogen) atoms. The average molecular weight is 404 g/mol. The Balaban J connectivity index is 0.00000338. The van der Waals surface area contributed by atoms with E-state index in [0.717, 1.165) is 56.3 Å². The number of halogens is 1. The smallest absolute Gasteiger partial charge is 0.220 e. The summed E-state index contributed by atoms with van der Waals surface area (Å²) in [5, 5.41) is 6.36. The molecule has 0 atom stereocenters. The Hall–Kier alpha value is -1.15. The summed E-state index contributed by atoms with van der Waals surface area (Å²) in [6.45, 7) is 6.16. The van der Waals surface area contributed by atoms with Crippen LogP contribution < -0.4 is 20.1 Å². The number of benzene rings is 1. The molecule has 8 heteroatoms. The minimum Gasteiger partial charge on any atom is -0.493 e. The summed E-state index contributed by atoms with van der Waals surface area (Å²) in [6.07, 6.45) is 1.53. The van der Waals surface area contributed by atoms with Crippen molar-refractivity contribution in [2.24, 2.45) is 0 Å². The molecule has 1 aromatic carbocycles. The van der Waals surface area contributed by atoms with Crippen LogP contribution in [-0.4, -0.2) is 70.0 Å². The minimum atomic E-state index is 0. The molecule has 1 amide bonds. The van der Waals surface area contributed by atoms with Crippen LogP contribution >= 0.6 is 24.2 Å². The van der Waals surface area contributed by atoms with Crippen molar-refractivity contribution in [3.8, 4) is 11.5 Å². The summed E-state index contributed by atoms with van der Waals surface area (Å²) in [5.74, 6) is 2.30. The lowest BCUT2D eigenvalue weighted by Gasteiger charge is -2.27. The van der Waals surface area contributed by atoms with E-state index in [4.69, 9.17) is 9.47 Å². The molecule has 1 saturated heterocycles. The van der Waals surface area contributed by atoms with Gasteiger partial charge in [-0.3, -0.25) is 4.79 Å². The van der Waals surface area contributed by atoms with Crippen LogP contribution in [0.4, 0.5) is 0 Å². The number of thioether (sulfide) groups is 1. The number of ether oxygens (including phenoxy) is 2. The summed E-state index contributed by atoms with van der Waals surface area (Å²) in [5.41, 5.74) is 0. The third-order valence-corrected chi connectivity index (χ3v) is 5.13. The van der Waals surface area contributed by atoms with Gasteiger partial charge in [-0.25, -0.2) is 0 Å². The molecule has 0 aliphatic carbocycles. The zero-order valence-electron chi connectivity index (χ0n) is 15.6. The highest BCUT2D eigenvalue weighted by atomic mass is 35.5. The van der Waals surface area contributed by atoms with Gasteiger partial charge in [-0.05, 0) is 31.2 Å². The Morgan fingerprint density at radius 1 is 1.23 bits per heavy atom. The number of carbonyl (C=O) groups excluding carboxylic acids is 1. The van der Waals surface area contributed by atoms with E-state index in [-0.39, 0.29) is 18.3 Å². The van der Waals surface area contributed by atoms with Gasteiger partial charge in [0.25, 0.3) is 0 Å². The molecule has 1 aliphatic rings. The van der Waals surface area contributed by atoms with Gasteiger partial charge in [-0.2, -0.15) is 0 Å². The Bertz CT molecular complexity index is 542. The maximum absolute atomic E-state index is 11.9. The molecule has 0 bridgehead atoms. The minimum absolute atomic E-state index is 0. The number of carbonyl (C=O) groups is 1. The zero-order valence-corrected chi connectivity index (χ0v) is 17.2. The van der Waals surface area contributed by atoms with E-state index in [1.54, 1.807) is 26.0 Å². The fourth-order valence-electron chi connectivity index (χ4n) is 2.72. The van der Waals surface area contributed by atoms with Gasteiger partial charge in [-0.1, -0.05) is 0 Å². The quantitative estimate of drug-likeness (QED) is 0.460. The van der Waals surface area contributed by atoms with Crippen LogP contribution in [0.2, 0.25) is 0 Å². The van der Waals surface area contributed by atoms with Gasteiger partial charge in [0.1, 0.15) is 0 Å². The van der Waals surface area contributed by atoms with Gasteiger partial charge in [0.2, 0.25) is 5.91 Å². The Morgan fingerprint density at radius 3 is 2.65 bits per heavy atom. The van der Waals surface area contributed by atoms with Gasteiger partial charge < -0.3 is 25.0 Å². The van der Waals surface area contributed by atoms with Crippen LogP contribution in [0.1, 0.15) is 12.8 Å². The largest absolute Gasteiger partial charge is 0.493 e. The molecule has 148 valence electrons. The normalized spacial score (nSPS) is 14.4. The molecule has 1 aromatic rings. The summed E-state index contributed by atoms with van der Waals surface area (Å²) >= 11 is 1.65. The molecular formula is C18H30ClN3O3S. The average Bonchev–Trinajstić information content (AvgIpc) is 2.66. The summed E-state index contributed by atoms with van der Waals surface area (Å²) in [7, 11) is 3.25. The highest BCUT2D eigenvalue weighted by molar-refractivity contribution is 7.99. The Morgan fingerprint density at radius 2 is 1.96 bits per heavy atom. The van der Waals surface area contributed by atoms with Crippen molar-refractivity contribution in [1.29, 1.82) is 0 Å². The second-order valence-corrected chi connectivity index (χ2v) is 7.08. The molecule has 1 aliphatic heterocycles. The van der Waals surface area contributed by atoms with Gasteiger partial charge in [0, 0.05) is 49.8 Å². The van der Waals surface area contributed by atoms with Crippen LogP contribution in [0.3, 0.4) is 0 Å². The third kappa shape index (κ3) is 8.03. The second-order valence-electron chi connectivity index (χ2n) is 5.91. The Kier molecular flexibility index (Phi) is 11.5. The maximum Gasteiger partial charge on any atom is 0.220 e. The molecule has 1 heterocycles. The molecule has 0 saturated carbocycles. The highest BCUT2D eigenvalue weighted by Crippen LogP contribution is 2.31. The lowest BCUT2D eigenvalue weighted by Crippen LogP contribution is -2.44. The molecule has 0 spiro atoms. The fraction of sp³-hybridized carbons (Fsp3) is 0.611. The summed E-state index contributed by atoms with van der Waals surface area (Å²) in [6, 6.07) is 5.81. The number of amides is 1. The molecule has 1 fully saturated rings. The van der Waals surface area contributed by atoms with Crippen molar-refractivity contribution >= 4 is 30.1 Å². The van der Waals surface area contributed by atoms with Crippen molar-refractivity contribution in [3.05, 3.63) is 18.2 Å². The maximum atomic E-state index is 11.9. The zero-order chi connectivity index (χ0) is 17.9. The van der Waals surface area contributed by atoms with E-state index >= 15 is 0 Å². The van der Waals surface area contributed by atoms with Crippen molar-refractivity contribution in [2.75, 3.05) is 59.2 Å². The Labute approximate surface area is 166 Å². The van der Waals surface area contributed by atoms with Gasteiger partial charge >= 0.3 is 0 Å². The number of nitrogens with zero attached hydrogens (tertiary/aromatic N) is 1. The van der Waals surface area contributed by atoms with E-state index in [1.807, 2.05) is 18.2 Å². The second kappa shape index (κ2) is 13.1. The monoisotopic (exact) mass is 403 g/mol. The van der Waals surface area contributed by atoms with Crippen molar-refractivity contribution < 1.29 is 14.3 Å². The standard InChI is InChI=1S/C18H29N3O3S.ClH/c1-23-16-5-4-15(14-17(16)24-2)25-13-6-18(22)20-7-3-10-21-11-8-19-9-12-21;/h4-5,14,19H,3,6-13H2,1-2H3,(H,20,22);1H. The predicted molar refractivity (Wildman–Crippen MR) is 109 cm³/mol. The first-order chi connectivity index (χ1) is 12.2. The lowest BCUT2D eigenvalue weighted by atomic mass is 10.3. The van der Waals surface area contributed by atoms with Crippen molar-refractivity contribution in [2.45, 2.75) is 17.7 Å². The highest BCUT2D eigenvalue weighted by Gasteiger charge is 2.09. The van der Waals surface area contributed by atoms with Crippen molar-refractivity contribution in [3.63, 3.8) is 0 Å². The number of hydrogen-bond donors (Lipinski definition) is 2. The van der Waals surface area contributed by atoms with Crippen LogP contribution in [-0.2, 0) is 4.79 Å². The van der Waals surface area contributed by atoms with E-state index in [9.17, 15) is 4.79 Å². The number of hydrogen-bond acceptors (Lipinski definition) is 6. The first-order valence-corrected chi connectivity index (χ1v) is 9.76.